The lowest BCUT2D eigenvalue weighted by atomic mass is 9.81. The summed E-state index contributed by atoms with van der Waals surface area (Å²) >= 11 is 0. The van der Waals surface area contributed by atoms with Crippen LogP contribution in [-0.4, -0.2) is 108 Å². The van der Waals surface area contributed by atoms with Gasteiger partial charge in [0.25, 0.3) is 5.91 Å². The highest BCUT2D eigenvalue weighted by molar-refractivity contribution is 5.97. The van der Waals surface area contributed by atoms with E-state index in [9.17, 15) is 22.8 Å². The molecule has 9 nitrogen and oxygen atoms in total. The Morgan fingerprint density at radius 1 is 1.10 bits per heavy atom. The number of nitrogens with zero attached hydrogens (tertiary/aromatic N) is 3. The fraction of sp³-hybridized carbons (Fsp3) is 0.700. The molecule has 1 spiro atoms. The third kappa shape index (κ3) is 7.94. The molecule has 1 atom stereocenters. The molecule has 4 rings (SSSR count). The van der Waals surface area contributed by atoms with Gasteiger partial charge in [0, 0.05) is 64.3 Å². The second-order valence-corrected chi connectivity index (χ2v) is 11.4. The summed E-state index contributed by atoms with van der Waals surface area (Å²) in [6, 6.07) is 6.70. The second-order valence-electron chi connectivity index (χ2n) is 11.4. The van der Waals surface area contributed by atoms with E-state index in [-0.39, 0.29) is 23.6 Å². The largest absolute Gasteiger partial charge is 0.490 e. The van der Waals surface area contributed by atoms with Gasteiger partial charge in [0.1, 0.15) is 5.60 Å². The van der Waals surface area contributed by atoms with E-state index >= 15 is 0 Å². The van der Waals surface area contributed by atoms with E-state index in [1.54, 1.807) is 7.11 Å². The third-order valence-corrected chi connectivity index (χ3v) is 8.73. The van der Waals surface area contributed by atoms with Crippen molar-refractivity contribution in [3.63, 3.8) is 0 Å². The lowest BCUT2D eigenvalue weighted by molar-refractivity contribution is -0.192. The molecule has 1 unspecified atom stereocenters. The Balaban J connectivity index is 0.000000616. The Morgan fingerprint density at radius 3 is 2.17 bits per heavy atom. The molecule has 0 saturated carbocycles. The van der Waals surface area contributed by atoms with Gasteiger partial charge in [-0.2, -0.15) is 13.2 Å². The molecule has 0 aromatic heterocycles. The number of amides is 2. The maximum absolute atomic E-state index is 13.2. The van der Waals surface area contributed by atoms with Gasteiger partial charge in [0.05, 0.1) is 12.6 Å². The van der Waals surface area contributed by atoms with E-state index in [1.165, 1.54) is 0 Å². The third-order valence-electron chi connectivity index (χ3n) is 8.73. The number of aliphatic carboxylic acids is 1. The van der Waals surface area contributed by atoms with Crippen LogP contribution in [-0.2, 0) is 14.3 Å². The van der Waals surface area contributed by atoms with Gasteiger partial charge in [-0.1, -0.05) is 38.0 Å². The van der Waals surface area contributed by atoms with Crippen LogP contribution in [0, 0.1) is 13.8 Å². The number of alkyl halides is 3. The summed E-state index contributed by atoms with van der Waals surface area (Å²) in [5.74, 6) is -2.59. The molecule has 1 aromatic rings. The maximum Gasteiger partial charge on any atom is 0.490 e. The zero-order valence-corrected chi connectivity index (χ0v) is 25.0. The molecule has 3 aliphatic rings. The fourth-order valence-corrected chi connectivity index (χ4v) is 6.41. The number of ether oxygens (including phenoxy) is 2. The number of carbonyl (C=O) groups excluding carboxylic acids is 2. The summed E-state index contributed by atoms with van der Waals surface area (Å²) in [4.78, 5) is 41.4. The van der Waals surface area contributed by atoms with Crippen LogP contribution in [0.1, 0.15) is 73.4 Å². The van der Waals surface area contributed by atoms with Crippen LogP contribution in [0.2, 0.25) is 0 Å². The van der Waals surface area contributed by atoms with E-state index in [0.717, 1.165) is 87.8 Å². The molecule has 3 aliphatic heterocycles. The molecular formula is C30H44F3N3O6. The van der Waals surface area contributed by atoms with Gasteiger partial charge >= 0.3 is 18.2 Å². The lowest BCUT2D eigenvalue weighted by Gasteiger charge is -2.46. The zero-order valence-electron chi connectivity index (χ0n) is 25.0. The summed E-state index contributed by atoms with van der Waals surface area (Å²) < 4.78 is 43.1. The van der Waals surface area contributed by atoms with Crippen LogP contribution in [0.4, 0.5) is 18.0 Å². The fourth-order valence-electron chi connectivity index (χ4n) is 6.41. The summed E-state index contributed by atoms with van der Waals surface area (Å²) in [6.07, 6.45) is 1.73. The van der Waals surface area contributed by atoms with Crippen LogP contribution in [0.3, 0.4) is 0 Å². The van der Waals surface area contributed by atoms with Crippen molar-refractivity contribution in [2.75, 3.05) is 46.4 Å². The van der Waals surface area contributed by atoms with Crippen LogP contribution >= 0.6 is 0 Å². The lowest BCUT2D eigenvalue weighted by Crippen LogP contribution is -2.56. The van der Waals surface area contributed by atoms with Crippen LogP contribution in [0.15, 0.2) is 18.2 Å². The first kappa shape index (κ1) is 33.6. The molecule has 3 heterocycles. The van der Waals surface area contributed by atoms with Gasteiger partial charge in [-0.3, -0.25) is 14.6 Å². The predicted molar refractivity (Wildman–Crippen MR) is 150 cm³/mol. The SMILES string of the molecule is CCCCC1N(CCOC)C(=O)OC12CCN(C1CCN(C(=O)c3c(C)cccc3C)CC1)CC2.O=C(O)C(F)(F)F. The van der Waals surface area contributed by atoms with E-state index in [4.69, 9.17) is 19.4 Å². The van der Waals surface area contributed by atoms with Crippen molar-refractivity contribution in [3.05, 3.63) is 34.9 Å². The first-order valence-corrected chi connectivity index (χ1v) is 14.7. The number of carbonyl (C=O) groups is 3. The summed E-state index contributed by atoms with van der Waals surface area (Å²) in [7, 11) is 1.68. The van der Waals surface area contributed by atoms with Crippen LogP contribution < -0.4 is 0 Å². The topological polar surface area (TPSA) is 99.6 Å². The predicted octanol–water partition coefficient (Wildman–Crippen LogP) is 5.03. The van der Waals surface area contributed by atoms with Gasteiger partial charge in [-0.25, -0.2) is 9.59 Å². The minimum atomic E-state index is -5.08. The van der Waals surface area contributed by atoms with E-state index in [0.29, 0.717) is 19.2 Å². The molecule has 1 aromatic carbocycles. The zero-order chi connectivity index (χ0) is 31.1. The van der Waals surface area contributed by atoms with Crippen molar-refractivity contribution in [2.45, 2.75) is 89.6 Å². The number of methoxy groups -OCH3 is 1. The van der Waals surface area contributed by atoms with Crippen molar-refractivity contribution in [3.8, 4) is 0 Å². The number of hydrogen-bond acceptors (Lipinski definition) is 6. The minimum Gasteiger partial charge on any atom is -0.475 e. The number of unbranched alkanes of at least 4 members (excludes halogenated alkanes) is 1. The number of benzene rings is 1. The molecule has 0 bridgehead atoms. The molecule has 12 heteroatoms. The van der Waals surface area contributed by atoms with Gasteiger partial charge in [0.2, 0.25) is 0 Å². The first-order valence-electron chi connectivity index (χ1n) is 14.7. The van der Waals surface area contributed by atoms with Crippen molar-refractivity contribution < 1.29 is 42.1 Å². The molecule has 1 N–H and O–H groups in total. The smallest absolute Gasteiger partial charge is 0.475 e. The molecule has 3 fully saturated rings. The highest BCUT2D eigenvalue weighted by Crippen LogP contribution is 2.41. The number of rotatable bonds is 8. The number of aryl methyl sites for hydroxylation is 2. The number of carboxylic acid groups (broad SMARTS) is 1. The van der Waals surface area contributed by atoms with Crippen molar-refractivity contribution in [1.82, 2.24) is 14.7 Å². The number of likely N-dealkylation sites (tertiary alicyclic amines) is 2. The average molecular weight is 600 g/mol. The highest BCUT2D eigenvalue weighted by Gasteiger charge is 2.54. The number of hydrogen-bond donors (Lipinski definition) is 1. The van der Waals surface area contributed by atoms with Crippen LogP contribution in [0.5, 0.6) is 0 Å². The molecule has 3 saturated heterocycles. The van der Waals surface area contributed by atoms with Gasteiger partial charge in [0.15, 0.2) is 0 Å². The molecule has 0 aliphatic carbocycles. The average Bonchev–Trinajstić information content (AvgIpc) is 3.19. The second kappa shape index (κ2) is 14.5. The quantitative estimate of drug-likeness (QED) is 0.447. The molecule has 42 heavy (non-hydrogen) atoms. The van der Waals surface area contributed by atoms with Gasteiger partial charge in [-0.15, -0.1) is 0 Å². The molecule has 0 radical (unpaired) electrons. The Labute approximate surface area is 245 Å². The van der Waals surface area contributed by atoms with Crippen molar-refractivity contribution >= 4 is 18.0 Å². The Hall–Kier alpha value is -2.86. The maximum atomic E-state index is 13.2. The standard InChI is InChI=1S/C28H43N3O4.C2HF3O2/c1-5-6-10-24-28(35-27(33)31(24)19-20-34-4)13-17-29(18-14-28)23-11-15-30(16-12-23)26(32)25-21(2)8-7-9-22(25)3;3-2(4,5)1(6)7/h7-9,23-24H,5-6,10-20H2,1-4H3;(H,6,7). The molecule has 236 valence electrons. The Kier molecular flexibility index (Phi) is 11.7. The number of piperidine rings is 2. The summed E-state index contributed by atoms with van der Waals surface area (Å²) in [5.41, 5.74) is 2.61. The van der Waals surface area contributed by atoms with Crippen molar-refractivity contribution in [2.24, 2.45) is 0 Å². The number of halogens is 3. The van der Waals surface area contributed by atoms with E-state index in [1.807, 2.05) is 41.8 Å². The number of carboxylic acids is 1. The normalized spacial score (nSPS) is 21.2. The van der Waals surface area contributed by atoms with Gasteiger partial charge < -0.3 is 19.5 Å². The monoisotopic (exact) mass is 599 g/mol. The molecule has 2 amide bonds. The summed E-state index contributed by atoms with van der Waals surface area (Å²) in [6.45, 7) is 10.9. The highest BCUT2D eigenvalue weighted by atomic mass is 19.4. The van der Waals surface area contributed by atoms with E-state index in [2.05, 4.69) is 11.8 Å². The van der Waals surface area contributed by atoms with Crippen LogP contribution in [0.25, 0.3) is 0 Å². The first-order chi connectivity index (χ1) is 19.8. The molecular weight excluding hydrogens is 555 g/mol. The summed E-state index contributed by atoms with van der Waals surface area (Å²) in [5, 5.41) is 7.12. The van der Waals surface area contributed by atoms with E-state index < -0.39 is 12.1 Å². The van der Waals surface area contributed by atoms with Crippen molar-refractivity contribution in [1.29, 1.82) is 0 Å². The minimum absolute atomic E-state index is 0.143. The Bertz CT molecular complexity index is 1060. The van der Waals surface area contributed by atoms with Gasteiger partial charge in [-0.05, 0) is 44.2 Å². The Morgan fingerprint density at radius 2 is 1.67 bits per heavy atom.